The van der Waals surface area contributed by atoms with Gasteiger partial charge in [-0.05, 0) is 25.3 Å². The van der Waals surface area contributed by atoms with Gasteiger partial charge in [-0.15, -0.1) is 0 Å². The van der Waals surface area contributed by atoms with Crippen molar-refractivity contribution < 1.29 is 14.3 Å². The molecule has 0 atom stereocenters. The molecule has 82 valence electrons. The van der Waals surface area contributed by atoms with Crippen molar-refractivity contribution in [2.45, 2.75) is 32.2 Å². The second kappa shape index (κ2) is 3.96. The van der Waals surface area contributed by atoms with E-state index in [-0.39, 0.29) is 5.76 Å². The summed E-state index contributed by atoms with van der Waals surface area (Å²) in [6, 6.07) is 3.82. The van der Waals surface area contributed by atoms with Crippen LogP contribution >= 0.6 is 0 Å². The highest BCUT2D eigenvalue weighted by atomic mass is 16.4. The number of rotatable bonds is 5. The molecule has 4 heteroatoms. The van der Waals surface area contributed by atoms with Crippen LogP contribution in [0.3, 0.4) is 0 Å². The molecule has 2 rings (SSSR count). The van der Waals surface area contributed by atoms with E-state index in [1.54, 1.807) is 6.07 Å². The van der Waals surface area contributed by atoms with E-state index in [2.05, 4.69) is 11.8 Å². The average Bonchev–Trinajstić information content (AvgIpc) is 2.91. The molecule has 1 saturated carbocycles. The number of aromatic carboxylic acids is 1. The molecule has 0 unspecified atom stereocenters. The lowest BCUT2D eigenvalue weighted by Crippen LogP contribution is -2.25. The van der Waals surface area contributed by atoms with Crippen LogP contribution in [0.4, 0.5) is 5.88 Å². The third kappa shape index (κ3) is 2.14. The Morgan fingerprint density at radius 2 is 2.33 bits per heavy atom. The quantitative estimate of drug-likeness (QED) is 0.808. The molecule has 1 aliphatic carbocycles. The van der Waals surface area contributed by atoms with E-state index in [4.69, 9.17) is 9.52 Å². The van der Waals surface area contributed by atoms with Gasteiger partial charge in [-0.3, -0.25) is 0 Å². The summed E-state index contributed by atoms with van der Waals surface area (Å²) in [6.45, 7) is 3.04. The van der Waals surface area contributed by atoms with Crippen molar-refractivity contribution in [2.75, 3.05) is 11.4 Å². The highest BCUT2D eigenvalue weighted by Crippen LogP contribution is 2.32. The maximum Gasteiger partial charge on any atom is 0.371 e. The summed E-state index contributed by atoms with van der Waals surface area (Å²) in [5, 5.41) is 8.75. The van der Waals surface area contributed by atoms with E-state index in [9.17, 15) is 4.79 Å². The van der Waals surface area contributed by atoms with Gasteiger partial charge in [-0.1, -0.05) is 6.92 Å². The van der Waals surface area contributed by atoms with Crippen molar-refractivity contribution in [3.8, 4) is 0 Å². The van der Waals surface area contributed by atoms with Crippen LogP contribution in [-0.2, 0) is 0 Å². The first kappa shape index (κ1) is 10.1. The number of hydrogen-bond donors (Lipinski definition) is 1. The van der Waals surface area contributed by atoms with Gasteiger partial charge in [0.05, 0.1) is 0 Å². The molecule has 1 heterocycles. The number of nitrogens with zero attached hydrogens (tertiary/aromatic N) is 1. The monoisotopic (exact) mass is 209 g/mol. The van der Waals surface area contributed by atoms with Gasteiger partial charge in [0.25, 0.3) is 0 Å². The van der Waals surface area contributed by atoms with Crippen LogP contribution in [0, 0.1) is 0 Å². The van der Waals surface area contributed by atoms with Crippen molar-refractivity contribution in [2.24, 2.45) is 0 Å². The largest absolute Gasteiger partial charge is 0.475 e. The number of carbonyl (C=O) groups is 1. The Bertz CT molecular complexity index is 354. The van der Waals surface area contributed by atoms with Gasteiger partial charge in [0.1, 0.15) is 0 Å². The number of hydrogen-bond acceptors (Lipinski definition) is 3. The van der Waals surface area contributed by atoms with E-state index < -0.39 is 5.97 Å². The summed E-state index contributed by atoms with van der Waals surface area (Å²) in [6.07, 6.45) is 3.41. The van der Waals surface area contributed by atoms with Gasteiger partial charge in [-0.2, -0.15) is 0 Å². The van der Waals surface area contributed by atoms with Crippen LogP contribution < -0.4 is 4.90 Å². The van der Waals surface area contributed by atoms with Gasteiger partial charge >= 0.3 is 5.97 Å². The fourth-order valence-corrected chi connectivity index (χ4v) is 1.70. The Balaban J connectivity index is 2.14. The molecule has 0 aliphatic heterocycles. The number of carboxylic acids is 1. The molecule has 0 radical (unpaired) electrons. The van der Waals surface area contributed by atoms with Crippen molar-refractivity contribution >= 4 is 11.9 Å². The van der Waals surface area contributed by atoms with Crippen molar-refractivity contribution in [1.29, 1.82) is 0 Å². The molecule has 0 saturated heterocycles. The predicted molar refractivity (Wildman–Crippen MR) is 56.3 cm³/mol. The number of carboxylic acid groups (broad SMARTS) is 1. The van der Waals surface area contributed by atoms with Crippen molar-refractivity contribution in [1.82, 2.24) is 0 Å². The molecule has 1 aromatic rings. The molecule has 0 amide bonds. The van der Waals surface area contributed by atoms with E-state index >= 15 is 0 Å². The molecule has 4 nitrogen and oxygen atoms in total. The van der Waals surface area contributed by atoms with E-state index in [1.807, 2.05) is 0 Å². The van der Waals surface area contributed by atoms with Crippen molar-refractivity contribution in [3.63, 3.8) is 0 Å². The predicted octanol–water partition coefficient (Wildman–Crippen LogP) is 2.36. The molecule has 0 bridgehead atoms. The fourth-order valence-electron chi connectivity index (χ4n) is 1.70. The van der Waals surface area contributed by atoms with Gasteiger partial charge < -0.3 is 14.4 Å². The van der Waals surface area contributed by atoms with Gasteiger partial charge in [0.2, 0.25) is 5.76 Å². The Morgan fingerprint density at radius 3 is 2.80 bits per heavy atom. The molecule has 1 N–H and O–H groups in total. The molecule has 1 fully saturated rings. The fraction of sp³-hybridized carbons (Fsp3) is 0.545. The highest BCUT2D eigenvalue weighted by Gasteiger charge is 2.30. The first-order valence-electron chi connectivity index (χ1n) is 5.32. The minimum Gasteiger partial charge on any atom is -0.475 e. The summed E-state index contributed by atoms with van der Waals surface area (Å²) < 4.78 is 5.29. The Hall–Kier alpha value is -1.45. The van der Waals surface area contributed by atoms with Crippen LogP contribution in [0.2, 0.25) is 0 Å². The smallest absolute Gasteiger partial charge is 0.371 e. The summed E-state index contributed by atoms with van der Waals surface area (Å²) in [4.78, 5) is 12.8. The van der Waals surface area contributed by atoms with E-state index in [1.165, 1.54) is 18.9 Å². The van der Waals surface area contributed by atoms with E-state index in [0.717, 1.165) is 13.0 Å². The first-order chi connectivity index (χ1) is 7.22. The summed E-state index contributed by atoms with van der Waals surface area (Å²) in [5.74, 6) is -0.294. The third-order valence-electron chi connectivity index (χ3n) is 2.54. The molecule has 0 aromatic carbocycles. The van der Waals surface area contributed by atoms with Gasteiger partial charge in [0, 0.05) is 18.7 Å². The van der Waals surface area contributed by atoms with Crippen molar-refractivity contribution in [3.05, 3.63) is 17.9 Å². The van der Waals surface area contributed by atoms with Crippen LogP contribution in [0.5, 0.6) is 0 Å². The average molecular weight is 209 g/mol. The summed E-state index contributed by atoms with van der Waals surface area (Å²) >= 11 is 0. The van der Waals surface area contributed by atoms with Crippen LogP contribution in [-0.4, -0.2) is 23.7 Å². The van der Waals surface area contributed by atoms with Gasteiger partial charge in [0.15, 0.2) is 5.88 Å². The molecular weight excluding hydrogens is 194 g/mol. The Kier molecular flexibility index (Phi) is 2.66. The SMILES string of the molecule is CCCN(c1ccc(C(=O)O)o1)C1CC1. The zero-order valence-electron chi connectivity index (χ0n) is 8.77. The lowest BCUT2D eigenvalue weighted by molar-refractivity contribution is 0.0663. The maximum atomic E-state index is 10.7. The Morgan fingerprint density at radius 1 is 1.60 bits per heavy atom. The number of anilines is 1. The normalized spacial score (nSPS) is 15.3. The zero-order chi connectivity index (χ0) is 10.8. The van der Waals surface area contributed by atoms with Crippen LogP contribution in [0.1, 0.15) is 36.7 Å². The highest BCUT2D eigenvalue weighted by molar-refractivity contribution is 5.84. The molecule has 15 heavy (non-hydrogen) atoms. The molecule has 1 aliphatic rings. The topological polar surface area (TPSA) is 53.7 Å². The van der Waals surface area contributed by atoms with Crippen LogP contribution in [0.25, 0.3) is 0 Å². The maximum absolute atomic E-state index is 10.7. The third-order valence-corrected chi connectivity index (χ3v) is 2.54. The summed E-state index contributed by atoms with van der Waals surface area (Å²) in [5.41, 5.74) is 0. The zero-order valence-corrected chi connectivity index (χ0v) is 8.77. The number of furan rings is 1. The standard InChI is InChI=1S/C11H15NO3/c1-2-7-12(8-3-4-8)10-6-5-9(15-10)11(13)14/h5-6,8H,2-4,7H2,1H3,(H,13,14). The van der Waals surface area contributed by atoms with E-state index in [0.29, 0.717) is 11.9 Å². The Labute approximate surface area is 88.5 Å². The minimum atomic E-state index is -1.01. The van der Waals surface area contributed by atoms with Gasteiger partial charge in [-0.25, -0.2) is 4.79 Å². The molecule has 1 aromatic heterocycles. The lowest BCUT2D eigenvalue weighted by Gasteiger charge is -2.20. The molecule has 0 spiro atoms. The minimum absolute atomic E-state index is 0.0201. The molecular formula is C11H15NO3. The second-order valence-electron chi connectivity index (χ2n) is 3.87. The second-order valence-corrected chi connectivity index (χ2v) is 3.87. The van der Waals surface area contributed by atoms with Crippen LogP contribution in [0.15, 0.2) is 16.5 Å². The first-order valence-corrected chi connectivity index (χ1v) is 5.32. The summed E-state index contributed by atoms with van der Waals surface area (Å²) in [7, 11) is 0. The lowest BCUT2D eigenvalue weighted by atomic mass is 10.4.